The summed E-state index contributed by atoms with van der Waals surface area (Å²) in [5.74, 6) is 0. The molecule has 0 aliphatic heterocycles. The second kappa shape index (κ2) is 16.8. The fourth-order valence-corrected chi connectivity index (χ4v) is 13.0. The molecular formula is C54H30N6Si. The Labute approximate surface area is 355 Å². The normalized spacial score (nSPS) is 10.5. The van der Waals surface area contributed by atoms with Crippen molar-refractivity contribution in [2.45, 2.75) is 0 Å². The predicted molar refractivity (Wildman–Crippen MR) is 240 cm³/mol. The number of hydrogen-bond donors (Lipinski definition) is 0. The second-order valence-corrected chi connectivity index (χ2v) is 18.2. The average molecular weight is 791 g/mol. The van der Waals surface area contributed by atoms with Gasteiger partial charge in [0.1, 0.15) is 0 Å². The maximum absolute atomic E-state index is 10.2. The van der Waals surface area contributed by atoms with Gasteiger partial charge in [0.05, 0.1) is 69.8 Å². The first-order valence-electron chi connectivity index (χ1n) is 19.3. The molecule has 8 aromatic rings. The molecule has 0 N–H and O–H groups in total. The monoisotopic (exact) mass is 790 g/mol. The fourth-order valence-electron chi connectivity index (χ4n) is 8.30. The van der Waals surface area contributed by atoms with Crippen LogP contribution in [0.4, 0.5) is 0 Å². The Morgan fingerprint density at radius 3 is 0.852 bits per heavy atom. The molecule has 0 aliphatic carbocycles. The Kier molecular flexibility index (Phi) is 10.7. The third-order valence-corrected chi connectivity index (χ3v) is 15.8. The van der Waals surface area contributed by atoms with Gasteiger partial charge in [-0.2, -0.15) is 31.6 Å². The van der Waals surface area contributed by atoms with E-state index in [0.717, 1.165) is 16.7 Å². The van der Waals surface area contributed by atoms with Gasteiger partial charge in [0.2, 0.25) is 0 Å². The first kappa shape index (κ1) is 38.8. The zero-order valence-corrected chi connectivity index (χ0v) is 33.5. The van der Waals surface area contributed by atoms with E-state index in [1.807, 2.05) is 48.5 Å². The molecule has 0 unspecified atom stereocenters. The molecule has 61 heavy (non-hydrogen) atoms. The third-order valence-electron chi connectivity index (χ3n) is 11.0. The molecule has 0 fully saturated rings. The van der Waals surface area contributed by atoms with Crippen LogP contribution in [0.15, 0.2) is 182 Å². The van der Waals surface area contributed by atoms with Gasteiger partial charge in [-0.3, -0.25) is 0 Å². The molecule has 0 saturated carbocycles. The van der Waals surface area contributed by atoms with E-state index in [1.54, 1.807) is 6.07 Å². The van der Waals surface area contributed by atoms with E-state index < -0.39 is 8.07 Å². The van der Waals surface area contributed by atoms with Crippen LogP contribution in [0.3, 0.4) is 0 Å². The summed E-state index contributed by atoms with van der Waals surface area (Å²) in [6, 6.07) is 73.1. The van der Waals surface area contributed by atoms with Crippen LogP contribution in [-0.2, 0) is 0 Å². The predicted octanol–water partition coefficient (Wildman–Crippen LogP) is 8.96. The number of hydrogen-bond acceptors (Lipinski definition) is 6. The van der Waals surface area contributed by atoms with Crippen LogP contribution in [0, 0.1) is 68.0 Å². The number of nitriles is 6. The van der Waals surface area contributed by atoms with Crippen LogP contribution in [0.2, 0.25) is 0 Å². The molecule has 280 valence electrons. The average Bonchev–Trinajstić information content (AvgIpc) is 3.34. The van der Waals surface area contributed by atoms with E-state index in [-0.39, 0.29) is 33.4 Å². The van der Waals surface area contributed by atoms with E-state index in [4.69, 9.17) is 0 Å². The number of nitrogens with zero attached hydrogens (tertiary/aromatic N) is 6. The van der Waals surface area contributed by atoms with Gasteiger partial charge in [-0.05, 0) is 96.6 Å². The molecule has 0 bridgehead atoms. The molecule has 0 saturated heterocycles. The molecule has 0 radical (unpaired) electrons. The molecule has 0 spiro atoms. The van der Waals surface area contributed by atoms with Crippen LogP contribution >= 0.6 is 0 Å². The maximum atomic E-state index is 10.2. The van der Waals surface area contributed by atoms with Gasteiger partial charge in [0.25, 0.3) is 0 Å². The minimum atomic E-state index is -2.69. The first-order valence-corrected chi connectivity index (χ1v) is 21.3. The highest BCUT2D eigenvalue weighted by molar-refractivity contribution is 7.19. The lowest BCUT2D eigenvalue weighted by Crippen LogP contribution is -2.74. The SMILES string of the molecule is N#Cc1cc(C#N)c(-c2cc(-c3ccc(-c4ccc([Si](c5ccccc5)(c5ccccc5)c5ccccc5)cc4)cc3)cc(-c3c(C#N)cc(C#N)cc3C#N)c2)c(C#N)c1. The summed E-state index contributed by atoms with van der Waals surface area (Å²) in [4.78, 5) is 0. The highest BCUT2D eigenvalue weighted by Crippen LogP contribution is 2.39. The quantitative estimate of drug-likeness (QED) is 0.111. The van der Waals surface area contributed by atoms with E-state index in [2.05, 4.69) is 140 Å². The van der Waals surface area contributed by atoms with Crippen LogP contribution in [-0.4, -0.2) is 8.07 Å². The molecule has 8 rings (SSSR count). The third kappa shape index (κ3) is 7.11. The van der Waals surface area contributed by atoms with Gasteiger partial charge in [0, 0.05) is 11.1 Å². The Bertz CT molecular complexity index is 2950. The lowest BCUT2D eigenvalue weighted by Gasteiger charge is -2.34. The summed E-state index contributed by atoms with van der Waals surface area (Å²) in [5.41, 5.74) is 6.08. The highest BCUT2D eigenvalue weighted by Gasteiger charge is 2.41. The molecule has 0 aliphatic rings. The Morgan fingerprint density at radius 2 is 0.541 bits per heavy atom. The summed E-state index contributed by atoms with van der Waals surface area (Å²) in [7, 11) is -2.69. The van der Waals surface area contributed by atoms with Crippen molar-refractivity contribution in [1.29, 1.82) is 31.6 Å². The van der Waals surface area contributed by atoms with Crippen molar-refractivity contribution in [3.05, 3.63) is 215 Å². The van der Waals surface area contributed by atoms with Crippen molar-refractivity contribution >= 4 is 28.8 Å². The van der Waals surface area contributed by atoms with Crippen molar-refractivity contribution in [3.63, 3.8) is 0 Å². The second-order valence-electron chi connectivity index (χ2n) is 14.4. The maximum Gasteiger partial charge on any atom is 0.179 e. The minimum absolute atomic E-state index is 0.136. The summed E-state index contributed by atoms with van der Waals surface area (Å²) >= 11 is 0. The lowest BCUT2D eigenvalue weighted by molar-refractivity contribution is 1.40. The largest absolute Gasteiger partial charge is 0.192 e. The molecule has 0 amide bonds. The lowest BCUT2D eigenvalue weighted by atomic mass is 9.86. The van der Waals surface area contributed by atoms with Crippen molar-refractivity contribution in [1.82, 2.24) is 0 Å². The number of benzene rings is 8. The fraction of sp³-hybridized carbons (Fsp3) is 0. The van der Waals surface area contributed by atoms with Crippen LogP contribution in [0.25, 0.3) is 44.5 Å². The minimum Gasteiger partial charge on any atom is -0.192 e. The summed E-state index contributed by atoms with van der Waals surface area (Å²) in [6.45, 7) is 0. The molecule has 0 atom stereocenters. The zero-order valence-electron chi connectivity index (χ0n) is 32.5. The zero-order chi connectivity index (χ0) is 42.3. The van der Waals surface area contributed by atoms with Crippen molar-refractivity contribution in [2.75, 3.05) is 0 Å². The molecule has 0 heterocycles. The molecule has 7 heteroatoms. The smallest absolute Gasteiger partial charge is 0.179 e. The van der Waals surface area contributed by atoms with Gasteiger partial charge in [-0.1, -0.05) is 140 Å². The van der Waals surface area contributed by atoms with Crippen molar-refractivity contribution in [2.24, 2.45) is 0 Å². The van der Waals surface area contributed by atoms with E-state index in [1.165, 1.54) is 45.0 Å². The van der Waals surface area contributed by atoms with Crippen LogP contribution in [0.5, 0.6) is 0 Å². The van der Waals surface area contributed by atoms with E-state index in [0.29, 0.717) is 27.8 Å². The van der Waals surface area contributed by atoms with Gasteiger partial charge >= 0.3 is 0 Å². The van der Waals surface area contributed by atoms with Gasteiger partial charge in [0.15, 0.2) is 8.07 Å². The molecule has 6 nitrogen and oxygen atoms in total. The van der Waals surface area contributed by atoms with Gasteiger partial charge in [-0.15, -0.1) is 0 Å². The first-order chi connectivity index (χ1) is 29.9. The van der Waals surface area contributed by atoms with Crippen molar-refractivity contribution in [3.8, 4) is 80.9 Å². The Hall–Kier alpha value is -9.08. The van der Waals surface area contributed by atoms with E-state index >= 15 is 0 Å². The standard InChI is InChI=1S/C54H30N6Si/c55-31-37-24-45(33-57)53(46(25-37)34-58)43-28-42(29-44(30-43)54-47(35-59)26-38(32-56)27-48(54)36-60)41-18-16-39(17-19-41)40-20-22-52(23-21-40)61(49-10-4-1-5-11-49,50-12-6-2-7-13-50)51-14-8-3-9-15-51/h1-30H. The topological polar surface area (TPSA) is 143 Å². The Morgan fingerprint density at radius 1 is 0.262 bits per heavy atom. The molecule has 0 aromatic heterocycles. The Balaban J connectivity index is 1.26. The molecular weight excluding hydrogens is 761 g/mol. The van der Waals surface area contributed by atoms with Gasteiger partial charge in [-0.25, -0.2) is 0 Å². The summed E-state index contributed by atoms with van der Waals surface area (Å²) in [5, 5.41) is 65.2. The van der Waals surface area contributed by atoms with Gasteiger partial charge < -0.3 is 0 Å². The molecule has 8 aromatic carbocycles. The summed E-state index contributed by atoms with van der Waals surface area (Å²) < 4.78 is 0. The summed E-state index contributed by atoms with van der Waals surface area (Å²) in [6.07, 6.45) is 0. The van der Waals surface area contributed by atoms with Crippen LogP contribution in [0.1, 0.15) is 33.4 Å². The number of rotatable bonds is 8. The van der Waals surface area contributed by atoms with Crippen LogP contribution < -0.4 is 20.7 Å². The highest BCUT2D eigenvalue weighted by atomic mass is 28.3. The van der Waals surface area contributed by atoms with Crippen molar-refractivity contribution < 1.29 is 0 Å². The van der Waals surface area contributed by atoms with E-state index in [9.17, 15) is 31.6 Å².